The fourth-order valence-electron chi connectivity index (χ4n) is 2.33. The van der Waals surface area contributed by atoms with Gasteiger partial charge in [-0.1, -0.05) is 12.2 Å². The molecule has 0 saturated carbocycles. The minimum absolute atomic E-state index is 0.192. The molecule has 0 unspecified atom stereocenters. The Morgan fingerprint density at radius 2 is 1.50 bits per heavy atom. The second-order valence-electron chi connectivity index (χ2n) is 8.04. The van der Waals surface area contributed by atoms with Crippen molar-refractivity contribution in [3.8, 4) is 0 Å². The van der Waals surface area contributed by atoms with Crippen LogP contribution in [0.1, 0.15) is 54.4 Å². The Labute approximate surface area is 149 Å². The van der Waals surface area contributed by atoms with Crippen LogP contribution >= 0.6 is 12.2 Å². The molecule has 0 aliphatic carbocycles. The highest BCUT2D eigenvalue weighted by Gasteiger charge is 2.41. The molecule has 1 aliphatic rings. The van der Waals surface area contributed by atoms with E-state index in [0.29, 0.717) is 25.9 Å². The first-order valence-corrected chi connectivity index (χ1v) is 8.44. The molecule has 1 saturated heterocycles. The summed E-state index contributed by atoms with van der Waals surface area (Å²) in [6.07, 6.45) is -0.112. The van der Waals surface area contributed by atoms with Gasteiger partial charge in [0.05, 0.1) is 10.5 Å². The first kappa shape index (κ1) is 20.5. The first-order valence-electron chi connectivity index (χ1n) is 8.03. The molecule has 1 rings (SSSR count). The second kappa shape index (κ2) is 7.13. The molecular weight excluding hydrogens is 330 g/mol. The molecule has 138 valence electrons. The number of nitrogens with zero attached hydrogens (tertiary/aromatic N) is 1. The average molecular weight is 359 g/mol. The Kier molecular flexibility index (Phi) is 6.08. The van der Waals surface area contributed by atoms with Gasteiger partial charge in [0, 0.05) is 13.1 Å². The molecule has 0 aromatic rings. The monoisotopic (exact) mass is 359 g/mol. The van der Waals surface area contributed by atoms with Crippen LogP contribution in [-0.2, 0) is 9.47 Å². The lowest BCUT2D eigenvalue weighted by Crippen LogP contribution is -2.62. The molecule has 0 aromatic carbocycles. The minimum atomic E-state index is -0.851. The summed E-state index contributed by atoms with van der Waals surface area (Å²) in [6.45, 7) is 11.6. The predicted octanol–water partition coefficient (Wildman–Crippen LogP) is 2.57. The lowest BCUT2D eigenvalue weighted by molar-refractivity contribution is 0.0165. The van der Waals surface area contributed by atoms with Crippen molar-refractivity contribution < 1.29 is 19.1 Å². The molecule has 3 N–H and O–H groups in total. The zero-order valence-electron chi connectivity index (χ0n) is 15.4. The van der Waals surface area contributed by atoms with E-state index in [1.54, 1.807) is 25.7 Å². The molecule has 24 heavy (non-hydrogen) atoms. The van der Waals surface area contributed by atoms with Gasteiger partial charge in [0.15, 0.2) is 0 Å². The maximum atomic E-state index is 12.1. The van der Waals surface area contributed by atoms with E-state index >= 15 is 0 Å². The number of piperidine rings is 1. The van der Waals surface area contributed by atoms with Crippen LogP contribution in [-0.4, -0.2) is 51.9 Å². The molecule has 0 aromatic heterocycles. The predicted molar refractivity (Wildman–Crippen MR) is 95.9 cm³/mol. The van der Waals surface area contributed by atoms with E-state index in [1.165, 1.54) is 0 Å². The third-order valence-corrected chi connectivity index (χ3v) is 3.87. The number of nitrogens with one attached hydrogen (secondary N) is 1. The van der Waals surface area contributed by atoms with Gasteiger partial charge < -0.3 is 25.4 Å². The van der Waals surface area contributed by atoms with Gasteiger partial charge in [-0.25, -0.2) is 9.59 Å². The zero-order valence-corrected chi connectivity index (χ0v) is 16.2. The average Bonchev–Trinajstić information content (AvgIpc) is 2.34. The van der Waals surface area contributed by atoms with E-state index in [-0.39, 0.29) is 11.1 Å². The summed E-state index contributed by atoms with van der Waals surface area (Å²) in [5.41, 5.74) is 3.85. The summed E-state index contributed by atoms with van der Waals surface area (Å²) in [6, 6.07) is 0. The molecule has 1 fully saturated rings. The fourth-order valence-corrected chi connectivity index (χ4v) is 2.58. The van der Waals surface area contributed by atoms with Crippen molar-refractivity contribution in [3.05, 3.63) is 0 Å². The number of hydrogen-bond acceptors (Lipinski definition) is 5. The standard InChI is InChI=1S/C16H29N3O4S/c1-14(2,3)22-12(20)18-16(11(17)24)7-9-19(10-8-16)13(21)23-15(4,5)6/h7-10H2,1-6H3,(H2,17,24)(H,18,20). The van der Waals surface area contributed by atoms with Crippen molar-refractivity contribution in [1.29, 1.82) is 0 Å². The number of nitrogens with two attached hydrogens (primary N) is 1. The van der Waals surface area contributed by atoms with Gasteiger partial charge in [0.25, 0.3) is 0 Å². The highest BCUT2D eigenvalue weighted by atomic mass is 32.1. The summed E-state index contributed by atoms with van der Waals surface area (Å²) in [7, 11) is 0. The molecular formula is C16H29N3O4S. The fraction of sp³-hybridized carbons (Fsp3) is 0.812. The van der Waals surface area contributed by atoms with E-state index < -0.39 is 22.8 Å². The number of hydrogen-bond donors (Lipinski definition) is 2. The second-order valence-corrected chi connectivity index (χ2v) is 8.48. The number of carbonyl (C=O) groups excluding carboxylic acids is 2. The van der Waals surface area contributed by atoms with Crippen LogP contribution in [0.5, 0.6) is 0 Å². The largest absolute Gasteiger partial charge is 0.444 e. The number of carbonyl (C=O) groups is 2. The molecule has 2 amide bonds. The van der Waals surface area contributed by atoms with Crippen molar-refractivity contribution in [1.82, 2.24) is 10.2 Å². The molecule has 0 bridgehead atoms. The van der Waals surface area contributed by atoms with Crippen LogP contribution in [0.25, 0.3) is 0 Å². The van der Waals surface area contributed by atoms with Crippen LogP contribution in [0.2, 0.25) is 0 Å². The number of amides is 2. The molecule has 0 radical (unpaired) electrons. The molecule has 1 heterocycles. The Hall–Kier alpha value is -1.57. The summed E-state index contributed by atoms with van der Waals surface area (Å²) in [5, 5.41) is 2.79. The number of ether oxygens (including phenoxy) is 2. The summed E-state index contributed by atoms with van der Waals surface area (Å²) in [5.74, 6) is 0. The Morgan fingerprint density at radius 1 is 1.04 bits per heavy atom. The van der Waals surface area contributed by atoms with Gasteiger partial charge in [0.1, 0.15) is 11.2 Å². The van der Waals surface area contributed by atoms with Gasteiger partial charge in [-0.2, -0.15) is 0 Å². The van der Waals surface area contributed by atoms with E-state index in [2.05, 4.69) is 5.32 Å². The maximum Gasteiger partial charge on any atom is 0.410 e. The number of alkyl carbamates (subject to hydrolysis) is 1. The smallest absolute Gasteiger partial charge is 0.410 e. The van der Waals surface area contributed by atoms with Crippen molar-refractivity contribution in [2.75, 3.05) is 13.1 Å². The Morgan fingerprint density at radius 3 is 1.88 bits per heavy atom. The van der Waals surface area contributed by atoms with Gasteiger partial charge in [-0.15, -0.1) is 0 Å². The van der Waals surface area contributed by atoms with Crippen LogP contribution in [0.3, 0.4) is 0 Å². The zero-order chi connectivity index (χ0) is 18.8. The van der Waals surface area contributed by atoms with E-state index in [0.717, 1.165) is 0 Å². The molecule has 0 spiro atoms. The van der Waals surface area contributed by atoms with Crippen LogP contribution < -0.4 is 11.1 Å². The number of likely N-dealkylation sites (tertiary alicyclic amines) is 1. The first-order chi connectivity index (χ1) is 10.7. The van der Waals surface area contributed by atoms with Gasteiger partial charge in [-0.3, -0.25) is 0 Å². The highest BCUT2D eigenvalue weighted by Crippen LogP contribution is 2.25. The maximum absolute atomic E-state index is 12.1. The summed E-state index contributed by atoms with van der Waals surface area (Å²) < 4.78 is 10.6. The van der Waals surface area contributed by atoms with Gasteiger partial charge in [-0.05, 0) is 54.4 Å². The number of thiocarbonyl (C=S) groups is 1. The minimum Gasteiger partial charge on any atom is -0.444 e. The topological polar surface area (TPSA) is 93.9 Å². The lowest BCUT2D eigenvalue weighted by atomic mass is 9.87. The van der Waals surface area contributed by atoms with E-state index in [9.17, 15) is 9.59 Å². The van der Waals surface area contributed by atoms with Crippen LogP contribution in [0.15, 0.2) is 0 Å². The van der Waals surface area contributed by atoms with Crippen molar-refractivity contribution in [2.45, 2.75) is 71.1 Å². The van der Waals surface area contributed by atoms with Gasteiger partial charge in [0.2, 0.25) is 0 Å². The lowest BCUT2D eigenvalue weighted by Gasteiger charge is -2.41. The van der Waals surface area contributed by atoms with E-state index in [1.807, 2.05) is 20.8 Å². The molecule has 1 aliphatic heterocycles. The third-order valence-electron chi connectivity index (χ3n) is 3.48. The normalized spacial score (nSPS) is 17.8. The Bertz CT molecular complexity index is 500. The van der Waals surface area contributed by atoms with Crippen molar-refractivity contribution >= 4 is 29.4 Å². The third kappa shape index (κ3) is 6.14. The van der Waals surface area contributed by atoms with Crippen LogP contribution in [0.4, 0.5) is 9.59 Å². The van der Waals surface area contributed by atoms with Crippen molar-refractivity contribution in [3.63, 3.8) is 0 Å². The Balaban J connectivity index is 2.72. The molecule has 0 atom stereocenters. The van der Waals surface area contributed by atoms with Gasteiger partial charge >= 0.3 is 12.2 Å². The highest BCUT2D eigenvalue weighted by molar-refractivity contribution is 7.80. The van der Waals surface area contributed by atoms with Crippen LogP contribution in [0, 0.1) is 0 Å². The van der Waals surface area contributed by atoms with Crippen molar-refractivity contribution in [2.24, 2.45) is 5.73 Å². The number of rotatable bonds is 2. The summed E-state index contributed by atoms with van der Waals surface area (Å²) in [4.78, 5) is 26.0. The summed E-state index contributed by atoms with van der Waals surface area (Å²) >= 11 is 5.15. The molecule has 8 heteroatoms. The molecule has 7 nitrogen and oxygen atoms in total. The quantitative estimate of drug-likeness (QED) is 0.736. The van der Waals surface area contributed by atoms with E-state index in [4.69, 9.17) is 27.4 Å². The SMILES string of the molecule is CC(C)(C)OC(=O)NC1(C(N)=S)CCN(C(=O)OC(C)(C)C)CC1.